The third-order valence-electron chi connectivity index (χ3n) is 6.63. The van der Waals surface area contributed by atoms with Crippen molar-refractivity contribution in [3.8, 4) is 5.88 Å². The van der Waals surface area contributed by atoms with E-state index in [1.54, 1.807) is 20.8 Å². The van der Waals surface area contributed by atoms with Crippen LogP contribution in [0, 0.1) is 5.92 Å². The topological polar surface area (TPSA) is 219 Å². The highest BCUT2D eigenvalue weighted by atomic mass is 32.7. The van der Waals surface area contributed by atoms with E-state index in [2.05, 4.69) is 25.4 Å². The van der Waals surface area contributed by atoms with Crippen molar-refractivity contribution < 1.29 is 47.2 Å². The molecule has 19 heteroatoms. The van der Waals surface area contributed by atoms with Gasteiger partial charge in [0.15, 0.2) is 23.1 Å². The Kier molecular flexibility index (Phi) is 9.98. The maximum absolute atomic E-state index is 16.0. The minimum Gasteiger partial charge on any atom is -0.476 e. The Bertz CT molecular complexity index is 1430. The summed E-state index contributed by atoms with van der Waals surface area (Å²) in [5, 5.41) is 15.7. The Morgan fingerprint density at radius 2 is 2.12 bits per heavy atom. The smallest absolute Gasteiger partial charge is 0.327 e. The van der Waals surface area contributed by atoms with Crippen LogP contribution in [0.2, 0.25) is 0 Å². The second-order valence-corrected chi connectivity index (χ2v) is 14.8. The first-order chi connectivity index (χ1) is 20.1. The lowest BCUT2D eigenvalue weighted by Crippen LogP contribution is -2.41. The monoisotopic (exact) mass is 647 g/mol. The van der Waals surface area contributed by atoms with Crippen molar-refractivity contribution in [1.29, 1.82) is 0 Å². The number of aliphatic hydroxyl groups excluding tert-OH is 1. The zero-order valence-electron chi connectivity index (χ0n) is 24.2. The molecule has 0 spiro atoms. The molecule has 16 nitrogen and oxygen atoms in total. The number of nitrogens with one attached hydrogen (secondary N) is 2. The van der Waals surface area contributed by atoms with Gasteiger partial charge in [0.1, 0.15) is 18.2 Å². The standard InChI is InChI=1S/C24H35FN7O9PS/c1-6-38-20-16-18(29-23(26)30-20)32(10-27-16)22-24(5,25)17(34)14(41-22)8-39-42(37,31-12(4)21(36)40-11(2)3)43-9-13-7-15(33)28-19(13)35/h10-14,17,22,34H,6-9H2,1-5H3,(H,31,37)(H2,26,29,30)(H,28,33,35)/t12?,13?,14-,17-,22?,24-,42?/m1/s1. The van der Waals surface area contributed by atoms with Crippen molar-refractivity contribution in [2.75, 3.05) is 24.7 Å². The van der Waals surface area contributed by atoms with E-state index < -0.39 is 73.3 Å². The fourth-order valence-electron chi connectivity index (χ4n) is 4.50. The number of amides is 2. The van der Waals surface area contributed by atoms with Crippen LogP contribution in [0.1, 0.15) is 47.3 Å². The van der Waals surface area contributed by atoms with E-state index >= 15 is 4.39 Å². The molecule has 7 atom stereocenters. The number of aromatic nitrogens is 4. The molecule has 2 amide bonds. The van der Waals surface area contributed by atoms with Gasteiger partial charge >= 0.3 is 12.7 Å². The van der Waals surface area contributed by atoms with E-state index in [-0.39, 0.29) is 41.8 Å². The van der Waals surface area contributed by atoms with Gasteiger partial charge in [0.2, 0.25) is 23.6 Å². The number of imide groups is 1. The average Bonchev–Trinajstić information content (AvgIpc) is 3.54. The molecule has 0 saturated carbocycles. The first-order valence-electron chi connectivity index (χ1n) is 13.5. The number of fused-ring (bicyclic) bond motifs is 1. The van der Waals surface area contributed by atoms with Crippen LogP contribution in [0.4, 0.5) is 10.3 Å². The number of ether oxygens (including phenoxy) is 3. The van der Waals surface area contributed by atoms with Gasteiger partial charge in [-0.05, 0) is 34.6 Å². The lowest BCUT2D eigenvalue weighted by Gasteiger charge is -2.25. The van der Waals surface area contributed by atoms with Crippen molar-refractivity contribution in [3.05, 3.63) is 6.33 Å². The number of nitrogens with zero attached hydrogens (tertiary/aromatic N) is 4. The first-order valence-corrected chi connectivity index (χ1v) is 16.7. The number of esters is 1. The molecule has 4 unspecified atom stereocenters. The van der Waals surface area contributed by atoms with Crippen LogP contribution in [0.25, 0.3) is 11.2 Å². The molecule has 0 aromatic carbocycles. The largest absolute Gasteiger partial charge is 0.476 e. The van der Waals surface area contributed by atoms with Crippen LogP contribution in [0.3, 0.4) is 0 Å². The molecule has 2 aromatic rings. The van der Waals surface area contributed by atoms with E-state index in [1.807, 2.05) is 0 Å². The number of nitrogens with two attached hydrogens (primary N) is 1. The molecular formula is C24H35FN7O9PS. The quantitative estimate of drug-likeness (QED) is 0.137. The van der Waals surface area contributed by atoms with Gasteiger partial charge < -0.3 is 29.6 Å². The Hall–Kier alpha value is -2.89. The summed E-state index contributed by atoms with van der Waals surface area (Å²) < 4.78 is 53.4. The van der Waals surface area contributed by atoms with Crippen molar-refractivity contribution in [2.45, 2.75) is 77.3 Å². The molecule has 4 heterocycles. The Morgan fingerprint density at radius 3 is 2.74 bits per heavy atom. The summed E-state index contributed by atoms with van der Waals surface area (Å²) in [5.41, 5.74) is 3.71. The van der Waals surface area contributed by atoms with Gasteiger partial charge in [-0.25, -0.2) is 14.5 Å². The number of nitrogen functional groups attached to an aromatic ring is 1. The number of aliphatic hydroxyl groups is 1. The van der Waals surface area contributed by atoms with Gasteiger partial charge in [-0.1, -0.05) is 11.4 Å². The number of anilines is 1. The number of alkyl halides is 1. The highest BCUT2D eigenvalue weighted by molar-refractivity contribution is 8.56. The molecular weight excluding hydrogens is 612 g/mol. The zero-order chi connectivity index (χ0) is 31.7. The molecule has 2 saturated heterocycles. The second-order valence-electron chi connectivity index (χ2n) is 10.5. The molecule has 5 N–H and O–H groups in total. The summed E-state index contributed by atoms with van der Waals surface area (Å²) in [4.78, 5) is 48.4. The number of hydrogen-bond acceptors (Lipinski definition) is 14. The molecule has 0 radical (unpaired) electrons. The van der Waals surface area contributed by atoms with Gasteiger partial charge in [0.05, 0.1) is 31.6 Å². The third kappa shape index (κ3) is 7.26. The van der Waals surface area contributed by atoms with Crippen LogP contribution < -0.4 is 20.9 Å². The molecule has 0 aliphatic carbocycles. The third-order valence-corrected chi connectivity index (χ3v) is 10.8. The summed E-state index contributed by atoms with van der Waals surface area (Å²) in [6.45, 7) is 3.21. The Balaban J connectivity index is 1.53. The Labute approximate surface area is 250 Å². The number of hydrogen-bond donors (Lipinski definition) is 4. The molecule has 43 heavy (non-hydrogen) atoms. The van der Waals surface area contributed by atoms with Crippen molar-refractivity contribution in [2.24, 2.45) is 5.92 Å². The molecule has 2 fully saturated rings. The molecule has 2 aromatic heterocycles. The van der Waals surface area contributed by atoms with Crippen LogP contribution in [0.5, 0.6) is 5.88 Å². The summed E-state index contributed by atoms with van der Waals surface area (Å²) in [5.74, 6) is -2.61. The number of imidazole rings is 1. The van der Waals surface area contributed by atoms with E-state index in [0.717, 1.165) is 6.92 Å². The first kappa shape index (κ1) is 33.0. The average molecular weight is 648 g/mol. The molecule has 238 valence electrons. The summed E-state index contributed by atoms with van der Waals surface area (Å²) in [7, 11) is 0. The van der Waals surface area contributed by atoms with Gasteiger partial charge in [-0.15, -0.1) is 0 Å². The SMILES string of the molecule is CCOc1nc(N)nc2c1ncn2C1O[C@H](COP(=O)(NC(C)C(=O)OC(C)C)SCC2CC(=O)NC2=O)[C@@H](O)[C@@]1(C)F. The van der Waals surface area contributed by atoms with E-state index in [1.165, 1.54) is 17.8 Å². The normalized spacial score (nSPS) is 27.8. The maximum atomic E-state index is 16.0. The predicted octanol–water partition coefficient (Wildman–Crippen LogP) is 1.24. The van der Waals surface area contributed by atoms with Crippen molar-refractivity contribution in [1.82, 2.24) is 29.9 Å². The molecule has 0 bridgehead atoms. The minimum absolute atomic E-state index is 0.0877. The molecule has 2 aliphatic rings. The zero-order valence-corrected chi connectivity index (χ0v) is 25.9. The number of rotatable bonds is 13. The summed E-state index contributed by atoms with van der Waals surface area (Å²) in [6, 6.07) is -1.10. The minimum atomic E-state index is -4.04. The number of carbonyl (C=O) groups is 3. The van der Waals surface area contributed by atoms with Crippen molar-refractivity contribution in [3.63, 3.8) is 0 Å². The van der Waals surface area contributed by atoms with Crippen LogP contribution in [0.15, 0.2) is 6.33 Å². The fraction of sp³-hybridized carbons (Fsp3) is 0.667. The van der Waals surface area contributed by atoms with Gasteiger partial charge in [-0.3, -0.25) is 28.8 Å². The molecule has 2 aliphatic heterocycles. The van der Waals surface area contributed by atoms with E-state index in [4.69, 9.17) is 24.5 Å². The summed E-state index contributed by atoms with van der Waals surface area (Å²) >= 11 is 0.695. The maximum Gasteiger partial charge on any atom is 0.327 e. The van der Waals surface area contributed by atoms with Crippen LogP contribution >= 0.6 is 18.1 Å². The van der Waals surface area contributed by atoms with Crippen LogP contribution in [-0.2, 0) is 32.9 Å². The molecule has 4 rings (SSSR count). The second kappa shape index (κ2) is 13.0. The summed E-state index contributed by atoms with van der Waals surface area (Å²) in [6.07, 6.45) is -3.85. The van der Waals surface area contributed by atoms with Gasteiger partial charge in [0, 0.05) is 12.2 Å². The highest BCUT2D eigenvalue weighted by Crippen LogP contribution is 2.58. The van der Waals surface area contributed by atoms with Gasteiger partial charge in [0.25, 0.3) is 0 Å². The predicted molar refractivity (Wildman–Crippen MR) is 151 cm³/mol. The van der Waals surface area contributed by atoms with E-state index in [9.17, 15) is 24.1 Å². The van der Waals surface area contributed by atoms with Gasteiger partial charge in [-0.2, -0.15) is 9.97 Å². The van der Waals surface area contributed by atoms with E-state index in [0.29, 0.717) is 11.4 Å². The lowest BCUT2D eigenvalue weighted by molar-refractivity contribution is -0.149. The van der Waals surface area contributed by atoms with Crippen molar-refractivity contribution >= 4 is 53.0 Å². The fourth-order valence-corrected chi connectivity index (χ4v) is 8.53. The Morgan fingerprint density at radius 1 is 1.40 bits per heavy atom. The highest BCUT2D eigenvalue weighted by Gasteiger charge is 2.56. The number of carbonyl (C=O) groups excluding carboxylic acids is 3. The van der Waals surface area contributed by atoms with Crippen LogP contribution in [-0.4, -0.2) is 91.4 Å². The lowest BCUT2D eigenvalue weighted by atomic mass is 9.98. The number of halogens is 1.